The van der Waals surface area contributed by atoms with Crippen molar-refractivity contribution in [2.75, 3.05) is 27.3 Å². The minimum absolute atomic E-state index is 0.141. The van der Waals surface area contributed by atoms with Gasteiger partial charge >= 0.3 is 0 Å². The van der Waals surface area contributed by atoms with Crippen LogP contribution in [0.4, 0.5) is 4.39 Å². The van der Waals surface area contributed by atoms with Crippen LogP contribution in [0.5, 0.6) is 11.5 Å². The van der Waals surface area contributed by atoms with E-state index in [4.69, 9.17) is 15.2 Å². The second kappa shape index (κ2) is 5.55. The lowest BCUT2D eigenvalue weighted by Crippen LogP contribution is -2.32. The first kappa shape index (κ1) is 15.0. The Labute approximate surface area is 117 Å². The second-order valence-electron chi connectivity index (χ2n) is 4.55. The minimum Gasteiger partial charge on any atom is -0.493 e. The van der Waals surface area contributed by atoms with E-state index in [1.807, 2.05) is 0 Å². The van der Waals surface area contributed by atoms with Crippen LogP contribution in [0.3, 0.4) is 0 Å². The average Bonchev–Trinajstić information content (AvgIpc) is 2.85. The van der Waals surface area contributed by atoms with Crippen LogP contribution in [-0.2, 0) is 10.0 Å². The molecule has 1 aliphatic rings. The molecule has 1 saturated heterocycles. The van der Waals surface area contributed by atoms with Gasteiger partial charge in [-0.05, 0) is 6.42 Å². The molecule has 0 bridgehead atoms. The Morgan fingerprint density at radius 2 is 1.90 bits per heavy atom. The van der Waals surface area contributed by atoms with Crippen LogP contribution >= 0.6 is 0 Å². The number of nitrogens with two attached hydrogens (primary N) is 1. The standard InChI is InChI=1S/C12H17FN2O4S/c1-18-10-5-9(13)12(6-11(10)19-2)20(16,17)15-4-3-8(14)7-15/h5-6,8H,3-4,7,14H2,1-2H3/t8-/m1/s1. The predicted octanol–water partition coefficient (Wildman–Crippen LogP) is 0.565. The van der Waals surface area contributed by atoms with E-state index in [-0.39, 0.29) is 30.6 Å². The number of nitrogens with zero attached hydrogens (tertiary/aromatic N) is 1. The molecule has 0 amide bonds. The Morgan fingerprint density at radius 3 is 2.40 bits per heavy atom. The molecule has 1 fully saturated rings. The average molecular weight is 304 g/mol. The maximum absolute atomic E-state index is 14.0. The lowest BCUT2D eigenvalue weighted by Gasteiger charge is -2.17. The smallest absolute Gasteiger partial charge is 0.246 e. The largest absolute Gasteiger partial charge is 0.493 e. The maximum atomic E-state index is 14.0. The van der Waals surface area contributed by atoms with Crippen LogP contribution in [0.2, 0.25) is 0 Å². The van der Waals surface area contributed by atoms with Crippen molar-refractivity contribution in [2.24, 2.45) is 5.73 Å². The summed E-state index contributed by atoms with van der Waals surface area (Å²) in [5, 5.41) is 0. The number of hydrogen-bond donors (Lipinski definition) is 1. The number of halogens is 1. The van der Waals surface area contributed by atoms with Crippen molar-refractivity contribution in [3.8, 4) is 11.5 Å². The van der Waals surface area contributed by atoms with Gasteiger partial charge in [-0.1, -0.05) is 0 Å². The summed E-state index contributed by atoms with van der Waals surface area (Å²) in [7, 11) is -1.21. The molecule has 0 spiro atoms. The SMILES string of the molecule is COc1cc(F)c(S(=O)(=O)N2CC[C@@H](N)C2)cc1OC. The Morgan fingerprint density at radius 1 is 1.30 bits per heavy atom. The molecule has 2 rings (SSSR count). The Bertz CT molecular complexity index is 606. The third kappa shape index (κ3) is 2.58. The van der Waals surface area contributed by atoms with E-state index in [1.165, 1.54) is 18.5 Å². The summed E-state index contributed by atoms with van der Waals surface area (Å²) in [4.78, 5) is -0.427. The molecule has 1 aromatic rings. The minimum atomic E-state index is -3.92. The summed E-state index contributed by atoms with van der Waals surface area (Å²) >= 11 is 0. The van der Waals surface area contributed by atoms with Gasteiger partial charge in [0.1, 0.15) is 10.7 Å². The molecule has 2 N–H and O–H groups in total. The molecular formula is C12H17FN2O4S. The first-order valence-electron chi connectivity index (χ1n) is 6.07. The number of methoxy groups -OCH3 is 2. The van der Waals surface area contributed by atoms with Gasteiger partial charge in [0.05, 0.1) is 14.2 Å². The normalized spacial score (nSPS) is 20.1. The highest BCUT2D eigenvalue weighted by molar-refractivity contribution is 7.89. The molecule has 1 atom stereocenters. The van der Waals surface area contributed by atoms with Gasteiger partial charge in [0.2, 0.25) is 10.0 Å². The Kier molecular flexibility index (Phi) is 4.17. The molecule has 8 heteroatoms. The summed E-state index contributed by atoms with van der Waals surface area (Å²) in [5.74, 6) is -0.568. The van der Waals surface area contributed by atoms with Gasteiger partial charge in [0, 0.05) is 31.3 Å². The van der Waals surface area contributed by atoms with Gasteiger partial charge in [0.15, 0.2) is 11.5 Å². The zero-order valence-corrected chi connectivity index (χ0v) is 12.1. The zero-order valence-electron chi connectivity index (χ0n) is 11.3. The van der Waals surface area contributed by atoms with Crippen molar-refractivity contribution in [2.45, 2.75) is 17.4 Å². The molecule has 1 heterocycles. The highest BCUT2D eigenvalue weighted by atomic mass is 32.2. The van der Waals surface area contributed by atoms with Crippen LogP contribution in [0.15, 0.2) is 17.0 Å². The fourth-order valence-electron chi connectivity index (χ4n) is 2.14. The van der Waals surface area contributed by atoms with E-state index in [1.54, 1.807) is 0 Å². The molecule has 1 aromatic carbocycles. The Balaban J connectivity index is 2.46. The summed E-state index contributed by atoms with van der Waals surface area (Å²) in [6.45, 7) is 0.480. The van der Waals surface area contributed by atoms with Crippen molar-refractivity contribution >= 4 is 10.0 Å². The highest BCUT2D eigenvalue weighted by Crippen LogP contribution is 2.33. The molecule has 0 aliphatic carbocycles. The topological polar surface area (TPSA) is 81.9 Å². The lowest BCUT2D eigenvalue weighted by atomic mass is 10.3. The number of ether oxygens (including phenoxy) is 2. The number of sulfonamides is 1. The molecule has 0 unspecified atom stereocenters. The van der Waals surface area contributed by atoms with Crippen LogP contribution in [0.1, 0.15) is 6.42 Å². The fourth-order valence-corrected chi connectivity index (χ4v) is 3.72. The van der Waals surface area contributed by atoms with Crippen LogP contribution in [0, 0.1) is 5.82 Å². The molecule has 20 heavy (non-hydrogen) atoms. The molecule has 6 nitrogen and oxygen atoms in total. The van der Waals surface area contributed by atoms with E-state index in [0.29, 0.717) is 6.42 Å². The molecular weight excluding hydrogens is 287 g/mol. The van der Waals surface area contributed by atoms with Gasteiger partial charge in [-0.2, -0.15) is 4.31 Å². The summed E-state index contributed by atoms with van der Waals surface area (Å²) in [6.07, 6.45) is 0.564. The van der Waals surface area contributed by atoms with Crippen LogP contribution in [0.25, 0.3) is 0 Å². The van der Waals surface area contributed by atoms with Gasteiger partial charge in [0.25, 0.3) is 0 Å². The highest BCUT2D eigenvalue weighted by Gasteiger charge is 2.33. The number of rotatable bonds is 4. The van der Waals surface area contributed by atoms with Crippen LogP contribution in [-0.4, -0.2) is 46.1 Å². The van der Waals surface area contributed by atoms with Crippen molar-refractivity contribution in [1.82, 2.24) is 4.31 Å². The van der Waals surface area contributed by atoms with E-state index in [2.05, 4.69) is 0 Å². The summed E-state index contributed by atoms with van der Waals surface area (Å²) in [5.41, 5.74) is 5.70. The summed E-state index contributed by atoms with van der Waals surface area (Å²) in [6, 6.07) is 1.92. The van der Waals surface area contributed by atoms with Crippen molar-refractivity contribution in [3.63, 3.8) is 0 Å². The quantitative estimate of drug-likeness (QED) is 0.879. The maximum Gasteiger partial charge on any atom is 0.246 e. The molecule has 1 aliphatic heterocycles. The van der Waals surface area contributed by atoms with Gasteiger partial charge < -0.3 is 15.2 Å². The molecule has 0 radical (unpaired) electrons. The number of benzene rings is 1. The monoisotopic (exact) mass is 304 g/mol. The van der Waals surface area contributed by atoms with Crippen molar-refractivity contribution in [1.29, 1.82) is 0 Å². The van der Waals surface area contributed by atoms with Gasteiger partial charge in [-0.3, -0.25) is 0 Å². The first-order chi connectivity index (χ1) is 9.40. The Hall–Kier alpha value is -1.38. The summed E-state index contributed by atoms with van der Waals surface area (Å²) < 4.78 is 50.0. The number of hydrogen-bond acceptors (Lipinski definition) is 5. The van der Waals surface area contributed by atoms with Crippen molar-refractivity contribution < 1.29 is 22.3 Å². The van der Waals surface area contributed by atoms with E-state index in [9.17, 15) is 12.8 Å². The molecule has 0 aromatic heterocycles. The van der Waals surface area contributed by atoms with Gasteiger partial charge in [-0.25, -0.2) is 12.8 Å². The van der Waals surface area contributed by atoms with Crippen molar-refractivity contribution in [3.05, 3.63) is 17.9 Å². The second-order valence-corrected chi connectivity index (χ2v) is 6.46. The predicted molar refractivity (Wildman–Crippen MR) is 70.9 cm³/mol. The van der Waals surface area contributed by atoms with E-state index >= 15 is 0 Å². The van der Waals surface area contributed by atoms with Gasteiger partial charge in [-0.15, -0.1) is 0 Å². The lowest BCUT2D eigenvalue weighted by molar-refractivity contribution is 0.349. The third-order valence-corrected chi connectivity index (χ3v) is 5.12. The molecule has 0 saturated carbocycles. The zero-order chi connectivity index (χ0) is 14.9. The fraction of sp³-hybridized carbons (Fsp3) is 0.500. The van der Waals surface area contributed by atoms with Crippen LogP contribution < -0.4 is 15.2 Å². The van der Waals surface area contributed by atoms with E-state index in [0.717, 1.165) is 12.1 Å². The molecule has 112 valence electrons. The van der Waals surface area contributed by atoms with E-state index < -0.39 is 20.7 Å². The third-order valence-electron chi connectivity index (χ3n) is 3.24. The first-order valence-corrected chi connectivity index (χ1v) is 7.51.